The Kier molecular flexibility index (Phi) is 5.58. The number of esters is 1. The van der Waals surface area contributed by atoms with Crippen LogP contribution in [-0.4, -0.2) is 31.2 Å². The Balaban J connectivity index is 3.04. The highest BCUT2D eigenvalue weighted by Gasteiger charge is 2.15. The molecule has 1 rings (SSSR count). The fourth-order valence-electron chi connectivity index (χ4n) is 1.73. The number of anilines is 1. The first-order valence-corrected chi connectivity index (χ1v) is 6.21. The van der Waals surface area contributed by atoms with Crippen LogP contribution in [0.4, 0.5) is 5.69 Å². The van der Waals surface area contributed by atoms with Gasteiger partial charge in [0.15, 0.2) is 0 Å². The van der Waals surface area contributed by atoms with E-state index in [9.17, 15) is 4.79 Å². The summed E-state index contributed by atoms with van der Waals surface area (Å²) in [6, 6.07) is 7.54. The van der Waals surface area contributed by atoms with Gasteiger partial charge in [-0.1, -0.05) is 31.3 Å². The second kappa shape index (κ2) is 6.96. The van der Waals surface area contributed by atoms with Crippen molar-refractivity contribution in [2.75, 3.05) is 25.1 Å². The lowest BCUT2D eigenvalue weighted by Gasteiger charge is -2.25. The van der Waals surface area contributed by atoms with Gasteiger partial charge >= 0.3 is 5.97 Å². The van der Waals surface area contributed by atoms with Crippen molar-refractivity contribution >= 4 is 28.9 Å². The zero-order valence-corrected chi connectivity index (χ0v) is 11.5. The van der Waals surface area contributed by atoms with E-state index in [-0.39, 0.29) is 12.5 Å². The summed E-state index contributed by atoms with van der Waals surface area (Å²) in [6.45, 7) is 2.99. The first kappa shape index (κ1) is 14.4. The summed E-state index contributed by atoms with van der Waals surface area (Å²) in [4.78, 5) is 13.7. The van der Waals surface area contributed by atoms with Gasteiger partial charge in [-0.05, 0) is 18.6 Å². The number of ether oxygens (including phenoxy) is 1. The molecule has 0 unspecified atom stereocenters. The van der Waals surface area contributed by atoms with Crippen molar-refractivity contribution in [3.05, 3.63) is 29.8 Å². The third-order valence-electron chi connectivity index (χ3n) is 2.55. The second-order valence-electron chi connectivity index (χ2n) is 3.88. The molecule has 0 saturated heterocycles. The van der Waals surface area contributed by atoms with Crippen molar-refractivity contribution < 1.29 is 9.53 Å². The molecule has 0 amide bonds. The molecule has 98 valence electrons. The van der Waals surface area contributed by atoms with Gasteiger partial charge < -0.3 is 15.4 Å². The molecule has 0 atom stereocenters. The van der Waals surface area contributed by atoms with Gasteiger partial charge in [-0.15, -0.1) is 0 Å². The SMILES string of the molecule is CCCN(CC(=O)OC)c1ccccc1C(N)=S. The maximum atomic E-state index is 11.4. The quantitative estimate of drug-likeness (QED) is 0.627. The highest BCUT2D eigenvalue weighted by molar-refractivity contribution is 7.80. The van der Waals surface area contributed by atoms with E-state index in [0.717, 1.165) is 24.2 Å². The van der Waals surface area contributed by atoms with E-state index >= 15 is 0 Å². The highest BCUT2D eigenvalue weighted by Crippen LogP contribution is 2.20. The molecule has 2 N–H and O–H groups in total. The van der Waals surface area contributed by atoms with Crippen LogP contribution in [0.2, 0.25) is 0 Å². The molecular formula is C13H18N2O2S. The predicted molar refractivity (Wildman–Crippen MR) is 76.8 cm³/mol. The number of nitrogens with two attached hydrogens (primary N) is 1. The van der Waals surface area contributed by atoms with Crippen LogP contribution in [-0.2, 0) is 9.53 Å². The number of methoxy groups -OCH3 is 1. The molecule has 0 aromatic heterocycles. The summed E-state index contributed by atoms with van der Waals surface area (Å²) in [6.07, 6.45) is 0.919. The lowest BCUT2D eigenvalue weighted by atomic mass is 10.1. The largest absolute Gasteiger partial charge is 0.468 e. The summed E-state index contributed by atoms with van der Waals surface area (Å²) in [5.74, 6) is -0.277. The number of hydrogen-bond acceptors (Lipinski definition) is 4. The fourth-order valence-corrected chi connectivity index (χ4v) is 1.91. The Morgan fingerprint density at radius 1 is 1.44 bits per heavy atom. The van der Waals surface area contributed by atoms with E-state index in [1.807, 2.05) is 36.1 Å². The predicted octanol–water partition coefficient (Wildman–Crippen LogP) is 1.71. The molecule has 5 heteroatoms. The average Bonchev–Trinajstić information content (AvgIpc) is 2.38. The molecule has 0 aliphatic carbocycles. The van der Waals surface area contributed by atoms with Crippen molar-refractivity contribution in [3.63, 3.8) is 0 Å². The summed E-state index contributed by atoms with van der Waals surface area (Å²) < 4.78 is 4.70. The van der Waals surface area contributed by atoms with E-state index in [0.29, 0.717) is 4.99 Å². The van der Waals surface area contributed by atoms with Gasteiger partial charge in [-0.3, -0.25) is 4.79 Å². The van der Waals surface area contributed by atoms with Crippen molar-refractivity contribution in [1.82, 2.24) is 0 Å². The van der Waals surface area contributed by atoms with Crippen LogP contribution in [0.5, 0.6) is 0 Å². The van der Waals surface area contributed by atoms with Crippen LogP contribution < -0.4 is 10.6 Å². The van der Waals surface area contributed by atoms with Crippen molar-refractivity contribution in [1.29, 1.82) is 0 Å². The first-order valence-electron chi connectivity index (χ1n) is 5.80. The van der Waals surface area contributed by atoms with E-state index < -0.39 is 0 Å². The van der Waals surface area contributed by atoms with Crippen LogP contribution in [0.3, 0.4) is 0 Å². The van der Waals surface area contributed by atoms with Crippen LogP contribution in [0.25, 0.3) is 0 Å². The maximum Gasteiger partial charge on any atom is 0.325 e. The molecule has 4 nitrogen and oxygen atoms in total. The minimum atomic E-state index is -0.277. The zero-order chi connectivity index (χ0) is 13.5. The number of hydrogen-bond donors (Lipinski definition) is 1. The molecule has 0 fully saturated rings. The molecule has 0 saturated carbocycles. The summed E-state index contributed by atoms with van der Waals surface area (Å²) in [5.41, 5.74) is 7.36. The number of nitrogens with zero attached hydrogens (tertiary/aromatic N) is 1. The normalized spacial score (nSPS) is 9.89. The standard InChI is InChI=1S/C13H18N2O2S/c1-3-8-15(9-12(16)17-2)11-7-5-4-6-10(11)13(14)18/h4-7H,3,8-9H2,1-2H3,(H2,14,18). The molecule has 0 aliphatic rings. The van der Waals surface area contributed by atoms with Gasteiger partial charge in [0, 0.05) is 17.8 Å². The van der Waals surface area contributed by atoms with Crippen molar-refractivity contribution in [2.24, 2.45) is 5.73 Å². The topological polar surface area (TPSA) is 55.6 Å². The summed E-state index contributed by atoms with van der Waals surface area (Å²) in [7, 11) is 1.38. The molecule has 1 aromatic carbocycles. The Labute approximate surface area is 113 Å². The summed E-state index contributed by atoms with van der Waals surface area (Å²) >= 11 is 5.03. The van der Waals surface area contributed by atoms with Gasteiger partial charge in [0.2, 0.25) is 0 Å². The minimum absolute atomic E-state index is 0.198. The number of thiocarbonyl (C=S) groups is 1. The van der Waals surface area contributed by atoms with E-state index in [1.165, 1.54) is 7.11 Å². The third-order valence-corrected chi connectivity index (χ3v) is 2.77. The molecule has 1 aromatic rings. The number of benzene rings is 1. The fraction of sp³-hybridized carbons (Fsp3) is 0.385. The number of rotatable bonds is 6. The third kappa shape index (κ3) is 3.70. The van der Waals surface area contributed by atoms with Crippen molar-refractivity contribution in [3.8, 4) is 0 Å². The lowest BCUT2D eigenvalue weighted by Crippen LogP contribution is -2.32. The van der Waals surface area contributed by atoms with Crippen LogP contribution >= 0.6 is 12.2 Å². The van der Waals surface area contributed by atoms with Crippen LogP contribution in [0.1, 0.15) is 18.9 Å². The Morgan fingerprint density at radius 2 is 2.11 bits per heavy atom. The van der Waals surface area contributed by atoms with Gasteiger partial charge in [0.25, 0.3) is 0 Å². The maximum absolute atomic E-state index is 11.4. The van der Waals surface area contributed by atoms with Crippen LogP contribution in [0, 0.1) is 0 Å². The van der Waals surface area contributed by atoms with E-state index in [4.69, 9.17) is 22.7 Å². The molecule has 0 aliphatic heterocycles. The average molecular weight is 266 g/mol. The van der Waals surface area contributed by atoms with Gasteiger partial charge in [0.1, 0.15) is 11.5 Å². The lowest BCUT2D eigenvalue weighted by molar-refractivity contribution is -0.138. The first-order chi connectivity index (χ1) is 8.60. The Hall–Kier alpha value is -1.62. The number of carbonyl (C=O) groups excluding carboxylic acids is 1. The van der Waals surface area contributed by atoms with Gasteiger partial charge in [0.05, 0.1) is 7.11 Å². The van der Waals surface area contributed by atoms with Gasteiger partial charge in [-0.2, -0.15) is 0 Å². The Morgan fingerprint density at radius 3 is 2.67 bits per heavy atom. The molecular weight excluding hydrogens is 248 g/mol. The molecule has 0 heterocycles. The molecule has 0 bridgehead atoms. The smallest absolute Gasteiger partial charge is 0.325 e. The highest BCUT2D eigenvalue weighted by atomic mass is 32.1. The molecule has 0 radical (unpaired) electrons. The van der Waals surface area contributed by atoms with E-state index in [1.54, 1.807) is 0 Å². The monoisotopic (exact) mass is 266 g/mol. The number of para-hydroxylation sites is 1. The van der Waals surface area contributed by atoms with Gasteiger partial charge in [-0.25, -0.2) is 0 Å². The van der Waals surface area contributed by atoms with Crippen LogP contribution in [0.15, 0.2) is 24.3 Å². The minimum Gasteiger partial charge on any atom is -0.468 e. The summed E-state index contributed by atoms with van der Waals surface area (Å²) in [5, 5.41) is 0. The van der Waals surface area contributed by atoms with E-state index in [2.05, 4.69) is 0 Å². The molecule has 18 heavy (non-hydrogen) atoms. The number of carbonyl (C=O) groups is 1. The van der Waals surface area contributed by atoms with Crippen molar-refractivity contribution in [2.45, 2.75) is 13.3 Å². The molecule has 0 spiro atoms. The zero-order valence-electron chi connectivity index (χ0n) is 10.7. The second-order valence-corrected chi connectivity index (χ2v) is 4.32. The Bertz CT molecular complexity index is 435.